The molecule has 1 aromatic rings. The van der Waals surface area contributed by atoms with Crippen molar-refractivity contribution in [3.8, 4) is 0 Å². The molecule has 0 unspecified atom stereocenters. The zero-order chi connectivity index (χ0) is 13.8. The Bertz CT molecular complexity index is 538. The lowest BCUT2D eigenvalue weighted by Crippen LogP contribution is -2.41. The molecule has 98 valence electrons. The Morgan fingerprint density at radius 2 is 1.83 bits per heavy atom. The summed E-state index contributed by atoms with van der Waals surface area (Å²) in [6.07, 6.45) is 0. The van der Waals surface area contributed by atoms with Gasteiger partial charge < -0.3 is 5.11 Å². The van der Waals surface area contributed by atoms with Gasteiger partial charge in [-0.3, -0.25) is 9.59 Å². The molecule has 2 N–H and O–H groups in total. The Hall–Kier alpha value is -1.73. The summed E-state index contributed by atoms with van der Waals surface area (Å²) in [5, 5.41) is 8.58. The maximum Gasteiger partial charge on any atom is 0.321 e. The molecule has 0 bridgehead atoms. The Kier molecular flexibility index (Phi) is 4.57. The summed E-state index contributed by atoms with van der Waals surface area (Å²) in [7, 11) is -3.95. The van der Waals surface area contributed by atoms with Crippen molar-refractivity contribution in [3.63, 3.8) is 0 Å². The number of sulfonamides is 1. The van der Waals surface area contributed by atoms with Gasteiger partial charge in [0.1, 0.15) is 11.8 Å². The van der Waals surface area contributed by atoms with E-state index in [1.54, 1.807) is 18.2 Å². The summed E-state index contributed by atoms with van der Waals surface area (Å²) >= 11 is 0. The number of aliphatic carboxylic acids is 1. The topological polar surface area (TPSA) is 101 Å². The number of carboxylic acids is 1. The Balaban J connectivity index is 2.73. The molecular weight excluding hydrogens is 258 g/mol. The van der Waals surface area contributed by atoms with Crippen molar-refractivity contribution in [1.82, 2.24) is 4.72 Å². The van der Waals surface area contributed by atoms with Gasteiger partial charge in [-0.1, -0.05) is 30.3 Å². The van der Waals surface area contributed by atoms with E-state index in [9.17, 15) is 18.0 Å². The third kappa shape index (κ3) is 4.27. The van der Waals surface area contributed by atoms with Gasteiger partial charge in [-0.2, -0.15) is 0 Å². The second kappa shape index (κ2) is 5.74. The molecule has 0 aromatic heterocycles. The number of Topliss-reactive ketones (excluding diaryl/α,β-unsaturated/α-hetero) is 1. The van der Waals surface area contributed by atoms with Gasteiger partial charge in [-0.25, -0.2) is 13.1 Å². The van der Waals surface area contributed by atoms with Crippen molar-refractivity contribution in [3.05, 3.63) is 35.9 Å². The third-order valence-electron chi connectivity index (χ3n) is 2.14. The predicted octanol–water partition coefficient (Wildman–Crippen LogP) is 0.262. The van der Waals surface area contributed by atoms with Crippen LogP contribution in [0.2, 0.25) is 0 Å². The van der Waals surface area contributed by atoms with Crippen molar-refractivity contribution in [2.75, 3.05) is 5.75 Å². The Morgan fingerprint density at radius 3 is 2.33 bits per heavy atom. The fraction of sp³-hybridized carbons (Fsp3) is 0.273. The lowest BCUT2D eigenvalue weighted by atomic mass is 10.2. The van der Waals surface area contributed by atoms with Gasteiger partial charge in [0.2, 0.25) is 10.0 Å². The highest BCUT2D eigenvalue weighted by atomic mass is 32.2. The van der Waals surface area contributed by atoms with Crippen LogP contribution < -0.4 is 4.72 Å². The first kappa shape index (κ1) is 14.3. The summed E-state index contributed by atoms with van der Waals surface area (Å²) in [5.41, 5.74) is 0.269. The number of hydrogen-bond acceptors (Lipinski definition) is 4. The van der Waals surface area contributed by atoms with Crippen LogP contribution >= 0.6 is 0 Å². The number of rotatable bonds is 6. The van der Waals surface area contributed by atoms with Crippen molar-refractivity contribution in [1.29, 1.82) is 0 Å². The molecule has 0 amide bonds. The fourth-order valence-electron chi connectivity index (χ4n) is 1.24. The SMILES string of the molecule is C[C@@H](NS(=O)(=O)CC(=O)c1ccccc1)C(=O)O. The number of ketones is 1. The van der Waals surface area contributed by atoms with E-state index in [0.717, 1.165) is 0 Å². The van der Waals surface area contributed by atoms with Crippen molar-refractivity contribution < 1.29 is 23.1 Å². The van der Waals surface area contributed by atoms with Crippen LogP contribution in [0.4, 0.5) is 0 Å². The van der Waals surface area contributed by atoms with E-state index in [0.29, 0.717) is 0 Å². The maximum absolute atomic E-state index is 11.6. The average molecular weight is 271 g/mol. The van der Waals surface area contributed by atoms with Crippen molar-refractivity contribution in [2.24, 2.45) is 0 Å². The monoisotopic (exact) mass is 271 g/mol. The highest BCUT2D eigenvalue weighted by Gasteiger charge is 2.22. The molecule has 0 saturated heterocycles. The van der Waals surface area contributed by atoms with Crippen molar-refractivity contribution >= 4 is 21.8 Å². The number of carboxylic acid groups (broad SMARTS) is 1. The van der Waals surface area contributed by atoms with Crippen LogP contribution in [0.15, 0.2) is 30.3 Å². The highest BCUT2D eigenvalue weighted by molar-refractivity contribution is 7.90. The molecule has 6 nitrogen and oxygen atoms in total. The first-order valence-electron chi connectivity index (χ1n) is 5.13. The first-order valence-corrected chi connectivity index (χ1v) is 6.78. The van der Waals surface area contributed by atoms with Crippen LogP contribution in [-0.4, -0.2) is 37.1 Å². The van der Waals surface area contributed by atoms with Crippen molar-refractivity contribution in [2.45, 2.75) is 13.0 Å². The van der Waals surface area contributed by atoms with Crippen LogP contribution in [0.3, 0.4) is 0 Å². The van der Waals surface area contributed by atoms with Gasteiger partial charge in [-0.05, 0) is 6.92 Å². The quantitative estimate of drug-likeness (QED) is 0.723. The van der Waals surface area contributed by atoms with E-state index in [1.165, 1.54) is 19.1 Å². The smallest absolute Gasteiger partial charge is 0.321 e. The van der Waals surface area contributed by atoms with Gasteiger partial charge >= 0.3 is 5.97 Å². The Labute approximate surface area is 105 Å². The number of nitrogens with one attached hydrogen (secondary N) is 1. The molecule has 18 heavy (non-hydrogen) atoms. The second-order valence-corrected chi connectivity index (χ2v) is 5.48. The zero-order valence-electron chi connectivity index (χ0n) is 9.66. The fourth-order valence-corrected chi connectivity index (χ4v) is 2.48. The van der Waals surface area contributed by atoms with Gasteiger partial charge in [0, 0.05) is 5.56 Å². The largest absolute Gasteiger partial charge is 0.480 e. The van der Waals surface area contributed by atoms with Gasteiger partial charge in [-0.15, -0.1) is 0 Å². The average Bonchev–Trinajstić information content (AvgIpc) is 2.28. The normalized spacial score (nSPS) is 12.9. The molecule has 0 heterocycles. The lowest BCUT2D eigenvalue weighted by Gasteiger charge is -2.09. The first-order chi connectivity index (χ1) is 8.32. The minimum atomic E-state index is -3.95. The molecule has 0 aliphatic carbocycles. The standard InChI is InChI=1S/C11H13NO5S/c1-8(11(14)15)12-18(16,17)7-10(13)9-5-3-2-4-6-9/h2-6,8,12H,7H2,1H3,(H,14,15)/t8-/m1/s1. The lowest BCUT2D eigenvalue weighted by molar-refractivity contribution is -0.138. The maximum atomic E-state index is 11.6. The van der Waals surface area contributed by atoms with E-state index in [-0.39, 0.29) is 5.56 Å². The zero-order valence-corrected chi connectivity index (χ0v) is 10.5. The molecule has 0 saturated carbocycles. The number of carbonyl (C=O) groups is 2. The summed E-state index contributed by atoms with van der Waals surface area (Å²) in [6.45, 7) is 1.19. The van der Waals surface area contributed by atoms with Gasteiger partial charge in [0.25, 0.3) is 0 Å². The molecule has 0 fully saturated rings. The van der Waals surface area contributed by atoms with E-state index < -0.39 is 33.6 Å². The summed E-state index contributed by atoms with van der Waals surface area (Å²) in [5.74, 6) is -2.65. The second-order valence-electron chi connectivity index (χ2n) is 3.73. The van der Waals surface area contributed by atoms with Crippen LogP contribution in [0, 0.1) is 0 Å². The minimum absolute atomic E-state index is 0.269. The molecular formula is C11H13NO5S. The molecule has 0 aliphatic heterocycles. The number of hydrogen-bond donors (Lipinski definition) is 2. The summed E-state index contributed by atoms with van der Waals surface area (Å²) < 4.78 is 25.0. The molecule has 0 aliphatic rings. The van der Waals surface area contributed by atoms with Crippen LogP contribution in [0.25, 0.3) is 0 Å². The van der Waals surface area contributed by atoms with Gasteiger partial charge in [0.05, 0.1) is 0 Å². The summed E-state index contributed by atoms with van der Waals surface area (Å²) in [6, 6.07) is 6.67. The van der Waals surface area contributed by atoms with Gasteiger partial charge in [0.15, 0.2) is 5.78 Å². The predicted molar refractivity (Wildman–Crippen MR) is 64.8 cm³/mol. The minimum Gasteiger partial charge on any atom is -0.480 e. The van der Waals surface area contributed by atoms with Crippen LogP contribution in [0.1, 0.15) is 17.3 Å². The van der Waals surface area contributed by atoms with Crippen LogP contribution in [-0.2, 0) is 14.8 Å². The summed E-state index contributed by atoms with van der Waals surface area (Å²) in [4.78, 5) is 22.2. The Morgan fingerprint density at radius 1 is 1.28 bits per heavy atom. The van der Waals surface area contributed by atoms with E-state index >= 15 is 0 Å². The van der Waals surface area contributed by atoms with E-state index in [1.807, 2.05) is 4.72 Å². The number of carbonyl (C=O) groups excluding carboxylic acids is 1. The number of benzene rings is 1. The van der Waals surface area contributed by atoms with Crippen LogP contribution in [0.5, 0.6) is 0 Å². The third-order valence-corrected chi connectivity index (χ3v) is 3.50. The molecule has 1 rings (SSSR count). The molecule has 0 spiro atoms. The molecule has 1 atom stereocenters. The van der Waals surface area contributed by atoms with E-state index in [4.69, 9.17) is 5.11 Å². The molecule has 1 aromatic carbocycles. The molecule has 0 radical (unpaired) electrons. The van der Waals surface area contributed by atoms with E-state index in [2.05, 4.69) is 0 Å². The highest BCUT2D eigenvalue weighted by Crippen LogP contribution is 2.02. The molecule has 7 heteroatoms.